The van der Waals surface area contributed by atoms with E-state index in [0.29, 0.717) is 6.04 Å². The molecule has 0 bridgehead atoms. The van der Waals surface area contributed by atoms with Crippen molar-refractivity contribution in [1.82, 2.24) is 20.1 Å². The van der Waals surface area contributed by atoms with Gasteiger partial charge < -0.3 is 5.32 Å². The van der Waals surface area contributed by atoms with Crippen LogP contribution in [0, 0.1) is 13.8 Å². The molecule has 6 heteroatoms. The van der Waals surface area contributed by atoms with Gasteiger partial charge in [0.25, 0.3) is 0 Å². The third kappa shape index (κ3) is 3.16. The van der Waals surface area contributed by atoms with Crippen molar-refractivity contribution >= 4 is 17.7 Å². The van der Waals surface area contributed by atoms with Crippen LogP contribution < -0.4 is 5.32 Å². The molecule has 1 fully saturated rings. The van der Waals surface area contributed by atoms with Gasteiger partial charge in [-0.1, -0.05) is 30.0 Å². The summed E-state index contributed by atoms with van der Waals surface area (Å²) in [7, 11) is 0. The van der Waals surface area contributed by atoms with Gasteiger partial charge in [0.1, 0.15) is 5.82 Å². The van der Waals surface area contributed by atoms with Crippen molar-refractivity contribution in [2.45, 2.75) is 50.1 Å². The third-order valence-electron chi connectivity index (χ3n) is 3.73. The number of hydrogen-bond donors (Lipinski definition) is 1. The highest BCUT2D eigenvalue weighted by Gasteiger charge is 2.27. The zero-order chi connectivity index (χ0) is 15.7. The number of carbonyl (C=O) groups is 1. The van der Waals surface area contributed by atoms with Gasteiger partial charge in [-0.25, -0.2) is 0 Å². The Hall–Kier alpha value is -1.82. The monoisotopic (exact) mass is 316 g/mol. The van der Waals surface area contributed by atoms with E-state index in [1.54, 1.807) is 0 Å². The predicted octanol–water partition coefficient (Wildman–Crippen LogP) is 2.64. The van der Waals surface area contributed by atoms with E-state index in [1.165, 1.54) is 11.8 Å². The zero-order valence-electron chi connectivity index (χ0n) is 13.0. The summed E-state index contributed by atoms with van der Waals surface area (Å²) in [5.41, 5.74) is 2.21. The van der Waals surface area contributed by atoms with E-state index >= 15 is 0 Å². The van der Waals surface area contributed by atoms with Crippen LogP contribution in [0.5, 0.6) is 0 Å². The van der Waals surface area contributed by atoms with Crippen molar-refractivity contribution in [2.75, 3.05) is 0 Å². The number of amides is 1. The van der Waals surface area contributed by atoms with Crippen LogP contribution in [0.3, 0.4) is 0 Å². The summed E-state index contributed by atoms with van der Waals surface area (Å²) in [6.07, 6.45) is 2.20. The van der Waals surface area contributed by atoms with E-state index < -0.39 is 0 Å². The number of nitrogens with one attached hydrogen (secondary N) is 1. The minimum Gasteiger partial charge on any atom is -0.352 e. The summed E-state index contributed by atoms with van der Waals surface area (Å²) < 4.78 is 2.01. The SMILES string of the molecule is Cc1ccccc1-n1c(C)nnc1S[C@@H](C)C(=O)NC1CC1. The molecule has 1 aromatic heterocycles. The molecule has 0 saturated heterocycles. The van der Waals surface area contributed by atoms with E-state index in [2.05, 4.69) is 28.5 Å². The second kappa shape index (κ2) is 6.12. The second-order valence-electron chi connectivity index (χ2n) is 5.69. The predicted molar refractivity (Wildman–Crippen MR) is 87.3 cm³/mol. The first-order valence-electron chi connectivity index (χ1n) is 7.51. The fraction of sp³-hybridized carbons (Fsp3) is 0.438. The highest BCUT2D eigenvalue weighted by atomic mass is 32.2. The van der Waals surface area contributed by atoms with Crippen LogP contribution >= 0.6 is 11.8 Å². The number of hydrogen-bond acceptors (Lipinski definition) is 4. The van der Waals surface area contributed by atoms with Crippen LogP contribution in [0.25, 0.3) is 5.69 Å². The Morgan fingerprint density at radius 1 is 1.32 bits per heavy atom. The summed E-state index contributed by atoms with van der Waals surface area (Å²) >= 11 is 1.45. The number of thioether (sulfide) groups is 1. The van der Waals surface area contributed by atoms with Crippen molar-refractivity contribution < 1.29 is 4.79 Å². The molecule has 1 aliphatic carbocycles. The van der Waals surface area contributed by atoms with E-state index in [4.69, 9.17) is 0 Å². The molecule has 2 aromatic rings. The Morgan fingerprint density at radius 2 is 2.05 bits per heavy atom. The molecule has 1 heterocycles. The fourth-order valence-electron chi connectivity index (χ4n) is 2.27. The molecule has 5 nitrogen and oxygen atoms in total. The van der Waals surface area contributed by atoms with Crippen molar-refractivity contribution in [3.05, 3.63) is 35.7 Å². The average Bonchev–Trinajstić information content (AvgIpc) is 3.23. The first-order valence-corrected chi connectivity index (χ1v) is 8.39. The molecule has 1 aliphatic rings. The lowest BCUT2D eigenvalue weighted by Crippen LogP contribution is -2.32. The van der Waals surface area contributed by atoms with Gasteiger partial charge in [-0.3, -0.25) is 9.36 Å². The van der Waals surface area contributed by atoms with Gasteiger partial charge in [0.05, 0.1) is 10.9 Å². The summed E-state index contributed by atoms with van der Waals surface area (Å²) in [5, 5.41) is 12.0. The number of carbonyl (C=O) groups excluding carboxylic acids is 1. The quantitative estimate of drug-likeness (QED) is 0.862. The largest absolute Gasteiger partial charge is 0.352 e. The molecular weight excluding hydrogens is 296 g/mol. The highest BCUT2D eigenvalue weighted by Crippen LogP contribution is 2.28. The number of benzene rings is 1. The van der Waals surface area contributed by atoms with Crippen LogP contribution in [-0.2, 0) is 4.79 Å². The Balaban J connectivity index is 1.83. The van der Waals surface area contributed by atoms with Crippen LogP contribution in [0.4, 0.5) is 0 Å². The Kier molecular flexibility index (Phi) is 4.20. The fourth-order valence-corrected chi connectivity index (χ4v) is 3.18. The van der Waals surface area contributed by atoms with Gasteiger partial charge in [-0.05, 0) is 45.2 Å². The molecule has 1 amide bonds. The lowest BCUT2D eigenvalue weighted by Gasteiger charge is -2.14. The Bertz CT molecular complexity index is 693. The van der Waals surface area contributed by atoms with Gasteiger partial charge in [-0.15, -0.1) is 10.2 Å². The molecule has 1 N–H and O–H groups in total. The average molecular weight is 316 g/mol. The highest BCUT2D eigenvalue weighted by molar-refractivity contribution is 8.00. The van der Waals surface area contributed by atoms with Crippen LogP contribution in [0.2, 0.25) is 0 Å². The molecule has 1 aromatic carbocycles. The number of nitrogens with zero attached hydrogens (tertiary/aromatic N) is 3. The van der Waals surface area contributed by atoms with Gasteiger partial charge in [0.15, 0.2) is 5.16 Å². The van der Waals surface area contributed by atoms with Gasteiger partial charge in [-0.2, -0.15) is 0 Å². The lowest BCUT2D eigenvalue weighted by atomic mass is 10.2. The number of para-hydroxylation sites is 1. The smallest absolute Gasteiger partial charge is 0.233 e. The molecular formula is C16H20N4OS. The molecule has 22 heavy (non-hydrogen) atoms. The van der Waals surface area contributed by atoms with Crippen LogP contribution in [0.15, 0.2) is 29.4 Å². The van der Waals surface area contributed by atoms with E-state index in [0.717, 1.165) is 35.1 Å². The second-order valence-corrected chi connectivity index (χ2v) is 7.00. The van der Waals surface area contributed by atoms with E-state index in [-0.39, 0.29) is 11.2 Å². The molecule has 0 radical (unpaired) electrons. The number of aromatic nitrogens is 3. The van der Waals surface area contributed by atoms with E-state index in [9.17, 15) is 4.79 Å². The number of rotatable bonds is 5. The topological polar surface area (TPSA) is 59.8 Å². The molecule has 0 spiro atoms. The Labute approximate surface area is 134 Å². The molecule has 0 aliphatic heterocycles. The van der Waals surface area contributed by atoms with Crippen molar-refractivity contribution in [3.63, 3.8) is 0 Å². The van der Waals surface area contributed by atoms with Crippen LogP contribution in [-0.4, -0.2) is 32.0 Å². The van der Waals surface area contributed by atoms with Gasteiger partial charge >= 0.3 is 0 Å². The van der Waals surface area contributed by atoms with Gasteiger partial charge in [0, 0.05) is 6.04 Å². The van der Waals surface area contributed by atoms with Gasteiger partial charge in [0.2, 0.25) is 5.91 Å². The molecule has 1 atom stereocenters. The van der Waals surface area contributed by atoms with Crippen molar-refractivity contribution in [1.29, 1.82) is 0 Å². The molecule has 0 unspecified atom stereocenters. The zero-order valence-corrected chi connectivity index (χ0v) is 13.9. The maximum absolute atomic E-state index is 12.1. The maximum Gasteiger partial charge on any atom is 0.233 e. The van der Waals surface area contributed by atoms with E-state index in [1.807, 2.05) is 36.6 Å². The first-order chi connectivity index (χ1) is 10.6. The number of aryl methyl sites for hydroxylation is 2. The summed E-state index contributed by atoms with van der Waals surface area (Å²) in [5.74, 6) is 0.899. The summed E-state index contributed by atoms with van der Waals surface area (Å²) in [6, 6.07) is 8.50. The minimum absolute atomic E-state index is 0.0736. The first kappa shape index (κ1) is 15.1. The van der Waals surface area contributed by atoms with Crippen molar-refractivity contribution in [3.8, 4) is 5.69 Å². The maximum atomic E-state index is 12.1. The molecule has 116 valence electrons. The molecule has 3 rings (SSSR count). The standard InChI is InChI=1S/C16H20N4OS/c1-10-6-4-5-7-14(10)20-12(3)18-19-16(20)22-11(2)15(21)17-13-8-9-13/h4-7,11,13H,8-9H2,1-3H3,(H,17,21)/t11-/m0/s1. The summed E-state index contributed by atoms with van der Waals surface area (Å²) in [4.78, 5) is 12.1. The van der Waals surface area contributed by atoms with Crippen LogP contribution in [0.1, 0.15) is 31.2 Å². The molecule has 1 saturated carbocycles. The minimum atomic E-state index is -0.188. The third-order valence-corrected chi connectivity index (χ3v) is 4.77. The Morgan fingerprint density at radius 3 is 2.73 bits per heavy atom. The van der Waals surface area contributed by atoms with Crippen molar-refractivity contribution in [2.24, 2.45) is 0 Å². The normalized spacial score (nSPS) is 15.6. The summed E-state index contributed by atoms with van der Waals surface area (Å²) in [6.45, 7) is 5.90. The lowest BCUT2D eigenvalue weighted by molar-refractivity contribution is -0.120.